The minimum Gasteiger partial charge on any atom is -0.473 e. The zero-order valence-corrected chi connectivity index (χ0v) is 9.15. The molecule has 0 saturated heterocycles. The summed E-state index contributed by atoms with van der Waals surface area (Å²) in [6, 6.07) is 0.563. The summed E-state index contributed by atoms with van der Waals surface area (Å²) in [6.07, 6.45) is 3.01. The molecule has 74 valence electrons. The Labute approximate surface area is 83.1 Å². The fourth-order valence-corrected chi connectivity index (χ4v) is 1.56. The van der Waals surface area contributed by atoms with Crippen molar-refractivity contribution in [3.05, 3.63) is 11.1 Å². The predicted octanol–water partition coefficient (Wildman–Crippen LogP) is 2.04. The number of methoxy groups -OCH3 is 1. The Morgan fingerprint density at radius 3 is 3.00 bits per heavy atom. The lowest BCUT2D eigenvalue weighted by atomic mass is 10.2. The Morgan fingerprint density at radius 2 is 2.46 bits per heavy atom. The Hall–Kier alpha value is -0.610. The third-order valence-corrected chi connectivity index (χ3v) is 2.90. The van der Waals surface area contributed by atoms with Crippen LogP contribution < -0.4 is 10.1 Å². The minimum absolute atomic E-state index is 0.563. The van der Waals surface area contributed by atoms with Gasteiger partial charge in [-0.1, -0.05) is 18.3 Å². The molecule has 0 amide bonds. The Bertz CT molecular complexity index is 250. The van der Waals surface area contributed by atoms with E-state index in [2.05, 4.69) is 24.1 Å². The number of nitrogens with one attached hydrogen (secondary N) is 1. The van der Waals surface area contributed by atoms with Crippen molar-refractivity contribution >= 4 is 11.3 Å². The van der Waals surface area contributed by atoms with Crippen molar-refractivity contribution in [3.8, 4) is 5.19 Å². The van der Waals surface area contributed by atoms with Gasteiger partial charge in [0.1, 0.15) is 0 Å². The molecule has 1 rings (SSSR count). The summed E-state index contributed by atoms with van der Waals surface area (Å²) in [5.74, 6) is 0. The van der Waals surface area contributed by atoms with Crippen molar-refractivity contribution in [3.63, 3.8) is 0 Å². The van der Waals surface area contributed by atoms with Crippen LogP contribution in [0.2, 0.25) is 0 Å². The lowest BCUT2D eigenvalue weighted by Crippen LogP contribution is -2.23. The second kappa shape index (κ2) is 5.19. The molecule has 0 spiro atoms. The summed E-state index contributed by atoms with van der Waals surface area (Å²) >= 11 is 1.59. The quantitative estimate of drug-likeness (QED) is 0.789. The fourth-order valence-electron chi connectivity index (χ4n) is 0.885. The molecule has 0 aliphatic heterocycles. The van der Waals surface area contributed by atoms with E-state index >= 15 is 0 Å². The van der Waals surface area contributed by atoms with E-state index in [1.165, 1.54) is 4.88 Å². The minimum atomic E-state index is 0.563. The van der Waals surface area contributed by atoms with Crippen molar-refractivity contribution in [2.24, 2.45) is 0 Å². The summed E-state index contributed by atoms with van der Waals surface area (Å²) in [6.45, 7) is 5.24. The molecule has 1 aromatic heterocycles. The molecule has 1 atom stereocenters. The van der Waals surface area contributed by atoms with Crippen molar-refractivity contribution in [2.45, 2.75) is 32.9 Å². The highest BCUT2D eigenvalue weighted by molar-refractivity contribution is 7.13. The predicted molar refractivity (Wildman–Crippen MR) is 55.3 cm³/mol. The molecule has 0 fully saturated rings. The SMILES string of the molecule is CCC(C)NCc1cnc(OC)s1. The zero-order chi connectivity index (χ0) is 9.68. The van der Waals surface area contributed by atoms with Gasteiger partial charge in [0.2, 0.25) is 0 Å². The van der Waals surface area contributed by atoms with Gasteiger partial charge in [-0.15, -0.1) is 0 Å². The van der Waals surface area contributed by atoms with Crippen LogP contribution in [0.3, 0.4) is 0 Å². The van der Waals surface area contributed by atoms with Crippen molar-refractivity contribution in [1.29, 1.82) is 0 Å². The fraction of sp³-hybridized carbons (Fsp3) is 0.667. The molecule has 1 unspecified atom stereocenters. The van der Waals surface area contributed by atoms with Crippen LogP contribution in [0.4, 0.5) is 0 Å². The second-order valence-corrected chi connectivity index (χ2v) is 4.06. The van der Waals surface area contributed by atoms with Gasteiger partial charge in [-0.3, -0.25) is 0 Å². The Balaban J connectivity index is 2.36. The normalized spacial score (nSPS) is 12.8. The van der Waals surface area contributed by atoms with Gasteiger partial charge in [0.15, 0.2) is 0 Å². The maximum atomic E-state index is 5.01. The third-order valence-electron chi connectivity index (χ3n) is 1.94. The van der Waals surface area contributed by atoms with Gasteiger partial charge >= 0.3 is 0 Å². The molecule has 4 heteroatoms. The zero-order valence-electron chi connectivity index (χ0n) is 8.33. The number of ether oxygens (including phenoxy) is 1. The van der Waals surface area contributed by atoms with E-state index in [4.69, 9.17) is 4.74 Å². The maximum Gasteiger partial charge on any atom is 0.273 e. The highest BCUT2D eigenvalue weighted by Crippen LogP contribution is 2.19. The molecule has 0 aromatic carbocycles. The molecular weight excluding hydrogens is 184 g/mol. The highest BCUT2D eigenvalue weighted by Gasteiger charge is 2.02. The van der Waals surface area contributed by atoms with Gasteiger partial charge < -0.3 is 10.1 Å². The van der Waals surface area contributed by atoms with E-state index < -0.39 is 0 Å². The number of aromatic nitrogens is 1. The van der Waals surface area contributed by atoms with Crippen LogP contribution in [0.25, 0.3) is 0 Å². The van der Waals surface area contributed by atoms with Gasteiger partial charge in [0, 0.05) is 23.7 Å². The molecular formula is C9H16N2OS. The van der Waals surface area contributed by atoms with Gasteiger partial charge in [-0.2, -0.15) is 0 Å². The average Bonchev–Trinajstić information content (AvgIpc) is 2.61. The first-order valence-corrected chi connectivity index (χ1v) is 5.30. The number of hydrogen-bond acceptors (Lipinski definition) is 4. The molecule has 1 heterocycles. The van der Waals surface area contributed by atoms with Crippen molar-refractivity contribution in [1.82, 2.24) is 10.3 Å². The molecule has 0 aliphatic rings. The lowest BCUT2D eigenvalue weighted by molar-refractivity contribution is 0.412. The van der Waals surface area contributed by atoms with E-state index in [1.807, 2.05) is 6.20 Å². The highest BCUT2D eigenvalue weighted by atomic mass is 32.1. The summed E-state index contributed by atoms with van der Waals surface area (Å²) in [7, 11) is 1.64. The molecule has 1 aromatic rings. The molecule has 13 heavy (non-hydrogen) atoms. The first-order chi connectivity index (χ1) is 6.26. The maximum absolute atomic E-state index is 5.01. The summed E-state index contributed by atoms with van der Waals surface area (Å²) in [4.78, 5) is 5.31. The third kappa shape index (κ3) is 3.32. The summed E-state index contributed by atoms with van der Waals surface area (Å²) in [5.41, 5.74) is 0. The lowest BCUT2D eigenvalue weighted by Gasteiger charge is -2.08. The van der Waals surface area contributed by atoms with Gasteiger partial charge in [0.05, 0.1) is 7.11 Å². The first-order valence-electron chi connectivity index (χ1n) is 4.48. The van der Waals surface area contributed by atoms with E-state index in [-0.39, 0.29) is 0 Å². The van der Waals surface area contributed by atoms with Gasteiger partial charge in [0.25, 0.3) is 5.19 Å². The van der Waals surface area contributed by atoms with Crippen LogP contribution in [0.15, 0.2) is 6.20 Å². The molecule has 3 nitrogen and oxygen atoms in total. The number of thiazole rings is 1. The molecule has 1 N–H and O–H groups in total. The van der Waals surface area contributed by atoms with E-state index in [0.29, 0.717) is 6.04 Å². The van der Waals surface area contributed by atoms with Crippen molar-refractivity contribution < 1.29 is 4.74 Å². The van der Waals surface area contributed by atoms with Crippen LogP contribution in [-0.4, -0.2) is 18.1 Å². The van der Waals surface area contributed by atoms with Crippen molar-refractivity contribution in [2.75, 3.05) is 7.11 Å². The van der Waals surface area contributed by atoms with Gasteiger partial charge in [-0.25, -0.2) is 4.98 Å². The van der Waals surface area contributed by atoms with Crippen LogP contribution in [-0.2, 0) is 6.54 Å². The molecule has 0 bridgehead atoms. The first kappa shape index (κ1) is 10.5. The Morgan fingerprint density at radius 1 is 1.69 bits per heavy atom. The molecule has 0 saturated carbocycles. The average molecular weight is 200 g/mol. The molecule has 0 radical (unpaired) electrons. The van der Waals surface area contributed by atoms with Crippen LogP contribution in [0.5, 0.6) is 5.19 Å². The number of nitrogens with zero attached hydrogens (tertiary/aromatic N) is 1. The van der Waals surface area contributed by atoms with E-state index in [0.717, 1.165) is 18.2 Å². The summed E-state index contributed by atoms with van der Waals surface area (Å²) < 4.78 is 5.01. The second-order valence-electron chi connectivity index (χ2n) is 2.99. The van der Waals surface area contributed by atoms with E-state index in [9.17, 15) is 0 Å². The largest absolute Gasteiger partial charge is 0.473 e. The standard InChI is InChI=1S/C9H16N2OS/c1-4-7(2)10-5-8-6-11-9(12-3)13-8/h6-7,10H,4-5H2,1-3H3. The number of hydrogen-bond donors (Lipinski definition) is 1. The molecule has 0 aliphatic carbocycles. The topological polar surface area (TPSA) is 34.2 Å². The van der Waals surface area contributed by atoms with E-state index in [1.54, 1.807) is 18.4 Å². The Kier molecular flexibility index (Phi) is 4.18. The van der Waals surface area contributed by atoms with Crippen LogP contribution in [0, 0.1) is 0 Å². The van der Waals surface area contributed by atoms with Crippen LogP contribution in [0.1, 0.15) is 25.1 Å². The monoisotopic (exact) mass is 200 g/mol. The number of rotatable bonds is 5. The van der Waals surface area contributed by atoms with Gasteiger partial charge in [-0.05, 0) is 13.3 Å². The smallest absolute Gasteiger partial charge is 0.273 e. The summed E-state index contributed by atoms with van der Waals surface area (Å²) in [5, 5.41) is 4.14. The van der Waals surface area contributed by atoms with Crippen LogP contribution >= 0.6 is 11.3 Å².